The Bertz CT molecular complexity index is 942. The highest BCUT2D eigenvalue weighted by atomic mass is 16.5. The third-order valence-electron chi connectivity index (χ3n) is 6.37. The van der Waals surface area contributed by atoms with Crippen molar-refractivity contribution >= 4 is 0 Å². The van der Waals surface area contributed by atoms with Gasteiger partial charge in [-0.05, 0) is 37.3 Å². The number of fused-ring (bicyclic) bond motifs is 4. The molecule has 2 aliphatic carbocycles. The fourth-order valence-electron chi connectivity index (χ4n) is 5.25. The Balaban J connectivity index is 1.69. The van der Waals surface area contributed by atoms with Crippen LogP contribution in [0.1, 0.15) is 48.8 Å². The molecule has 0 saturated heterocycles. The standard InChI is InChI=1S/C20H22N4O/c1-12-15-8-7-14-17(16-6-4-5-9-21-16)24(3)23-19(14)20(15,2)10-13-11-22-25-18(12)13/h4-6,9,11-12,15H,7-8,10H2,1-3H3/t12-,15-,20-/m0/s1. The van der Waals surface area contributed by atoms with E-state index in [9.17, 15) is 0 Å². The molecule has 0 N–H and O–H groups in total. The third-order valence-corrected chi connectivity index (χ3v) is 6.37. The minimum absolute atomic E-state index is 0.0242. The summed E-state index contributed by atoms with van der Waals surface area (Å²) in [6, 6.07) is 6.08. The Morgan fingerprint density at radius 2 is 2.20 bits per heavy atom. The molecule has 25 heavy (non-hydrogen) atoms. The highest BCUT2D eigenvalue weighted by Crippen LogP contribution is 2.54. The quantitative estimate of drug-likeness (QED) is 0.681. The van der Waals surface area contributed by atoms with E-state index in [0.717, 1.165) is 30.7 Å². The van der Waals surface area contributed by atoms with Gasteiger partial charge < -0.3 is 4.52 Å². The topological polar surface area (TPSA) is 56.7 Å². The number of aryl methyl sites for hydroxylation is 1. The Morgan fingerprint density at radius 3 is 3.00 bits per heavy atom. The monoisotopic (exact) mass is 334 g/mol. The van der Waals surface area contributed by atoms with Crippen molar-refractivity contribution in [2.45, 2.75) is 44.4 Å². The molecule has 0 unspecified atom stereocenters. The van der Waals surface area contributed by atoms with Gasteiger partial charge in [0.2, 0.25) is 0 Å². The van der Waals surface area contributed by atoms with Crippen LogP contribution in [0, 0.1) is 5.92 Å². The summed E-state index contributed by atoms with van der Waals surface area (Å²) >= 11 is 0. The first kappa shape index (κ1) is 14.9. The number of hydrogen-bond donors (Lipinski definition) is 0. The predicted octanol–water partition coefficient (Wildman–Crippen LogP) is 3.65. The van der Waals surface area contributed by atoms with Crippen molar-refractivity contribution in [1.82, 2.24) is 19.9 Å². The maximum Gasteiger partial charge on any atom is 0.143 e. The normalized spacial score (nSPS) is 27.5. The van der Waals surface area contributed by atoms with Crippen LogP contribution in [0.5, 0.6) is 0 Å². The lowest BCUT2D eigenvalue weighted by Gasteiger charge is -2.46. The van der Waals surface area contributed by atoms with Gasteiger partial charge in [0.15, 0.2) is 0 Å². The van der Waals surface area contributed by atoms with Crippen molar-refractivity contribution in [3.63, 3.8) is 0 Å². The zero-order chi connectivity index (χ0) is 17.2. The van der Waals surface area contributed by atoms with Crippen LogP contribution in [0.25, 0.3) is 11.4 Å². The number of pyridine rings is 1. The fraction of sp³-hybridized carbons (Fsp3) is 0.450. The van der Waals surface area contributed by atoms with Crippen LogP contribution in [-0.2, 0) is 25.3 Å². The van der Waals surface area contributed by atoms with Crippen LogP contribution in [0.4, 0.5) is 0 Å². The smallest absolute Gasteiger partial charge is 0.143 e. The van der Waals surface area contributed by atoms with Gasteiger partial charge in [0.1, 0.15) is 5.76 Å². The first-order valence-electron chi connectivity index (χ1n) is 9.01. The van der Waals surface area contributed by atoms with Crippen LogP contribution in [0.3, 0.4) is 0 Å². The lowest BCUT2D eigenvalue weighted by molar-refractivity contribution is 0.172. The molecule has 0 fully saturated rings. The molecular weight excluding hydrogens is 312 g/mol. The minimum atomic E-state index is 0.0242. The largest absolute Gasteiger partial charge is 0.361 e. The molecule has 0 aromatic carbocycles. The Kier molecular flexibility index (Phi) is 3.00. The van der Waals surface area contributed by atoms with Crippen molar-refractivity contribution < 1.29 is 4.52 Å². The lowest BCUT2D eigenvalue weighted by atomic mass is 9.57. The molecule has 0 bridgehead atoms. The van der Waals surface area contributed by atoms with E-state index in [-0.39, 0.29) is 5.41 Å². The van der Waals surface area contributed by atoms with Crippen molar-refractivity contribution in [3.8, 4) is 11.4 Å². The van der Waals surface area contributed by atoms with Gasteiger partial charge in [-0.1, -0.05) is 25.1 Å². The molecule has 3 aromatic heterocycles. The molecule has 5 rings (SSSR count). The molecule has 3 aromatic rings. The number of aromatic nitrogens is 4. The molecule has 3 atom stereocenters. The maximum absolute atomic E-state index is 5.56. The Hall–Kier alpha value is -2.43. The van der Waals surface area contributed by atoms with Crippen molar-refractivity contribution in [2.75, 3.05) is 0 Å². The van der Waals surface area contributed by atoms with Crippen LogP contribution < -0.4 is 0 Å². The summed E-state index contributed by atoms with van der Waals surface area (Å²) in [5.41, 5.74) is 6.05. The van der Waals surface area contributed by atoms with Gasteiger partial charge in [-0.15, -0.1) is 0 Å². The highest BCUT2D eigenvalue weighted by Gasteiger charge is 2.51. The molecule has 5 nitrogen and oxygen atoms in total. The van der Waals surface area contributed by atoms with Crippen LogP contribution >= 0.6 is 0 Å². The van der Waals surface area contributed by atoms with E-state index in [1.54, 1.807) is 0 Å². The summed E-state index contributed by atoms with van der Waals surface area (Å²) in [6.07, 6.45) is 6.89. The lowest BCUT2D eigenvalue weighted by Crippen LogP contribution is -2.44. The van der Waals surface area contributed by atoms with Gasteiger partial charge in [0.05, 0.1) is 23.3 Å². The minimum Gasteiger partial charge on any atom is -0.361 e. The zero-order valence-electron chi connectivity index (χ0n) is 14.9. The molecule has 5 heteroatoms. The Labute approximate surface area is 147 Å². The number of hydrogen-bond acceptors (Lipinski definition) is 4. The summed E-state index contributed by atoms with van der Waals surface area (Å²) in [6.45, 7) is 4.65. The summed E-state index contributed by atoms with van der Waals surface area (Å²) in [5.74, 6) is 1.99. The van der Waals surface area contributed by atoms with E-state index < -0.39 is 0 Å². The summed E-state index contributed by atoms with van der Waals surface area (Å²) in [5, 5.41) is 9.06. The molecule has 2 aliphatic rings. The van der Waals surface area contributed by atoms with Crippen molar-refractivity contribution in [1.29, 1.82) is 0 Å². The van der Waals surface area contributed by atoms with Gasteiger partial charge in [0, 0.05) is 35.7 Å². The van der Waals surface area contributed by atoms with E-state index in [1.807, 2.05) is 36.3 Å². The second-order valence-electron chi connectivity index (χ2n) is 7.76. The van der Waals surface area contributed by atoms with Crippen molar-refractivity contribution in [3.05, 3.63) is 53.2 Å². The van der Waals surface area contributed by atoms with Gasteiger partial charge in [-0.2, -0.15) is 5.10 Å². The zero-order valence-corrected chi connectivity index (χ0v) is 14.9. The fourth-order valence-corrected chi connectivity index (χ4v) is 5.25. The van der Waals surface area contributed by atoms with E-state index in [4.69, 9.17) is 9.62 Å². The van der Waals surface area contributed by atoms with Gasteiger partial charge in [0.25, 0.3) is 0 Å². The molecule has 0 amide bonds. The first-order chi connectivity index (χ1) is 12.1. The van der Waals surface area contributed by atoms with Crippen LogP contribution in [-0.4, -0.2) is 19.9 Å². The number of rotatable bonds is 1. The van der Waals surface area contributed by atoms with Gasteiger partial charge in [-0.25, -0.2) is 0 Å². The van der Waals surface area contributed by atoms with E-state index >= 15 is 0 Å². The molecular formula is C20H22N4O. The average molecular weight is 334 g/mol. The first-order valence-corrected chi connectivity index (χ1v) is 9.01. The number of nitrogens with zero attached hydrogens (tertiary/aromatic N) is 4. The molecule has 0 spiro atoms. The van der Waals surface area contributed by atoms with Gasteiger partial charge in [-0.3, -0.25) is 9.67 Å². The second-order valence-corrected chi connectivity index (χ2v) is 7.76. The van der Waals surface area contributed by atoms with E-state index in [2.05, 4.69) is 30.1 Å². The van der Waals surface area contributed by atoms with Crippen LogP contribution in [0.15, 0.2) is 35.1 Å². The van der Waals surface area contributed by atoms with Crippen molar-refractivity contribution in [2.24, 2.45) is 13.0 Å². The summed E-state index contributed by atoms with van der Waals surface area (Å²) < 4.78 is 7.59. The average Bonchev–Trinajstić information content (AvgIpc) is 3.20. The Morgan fingerprint density at radius 1 is 1.32 bits per heavy atom. The molecule has 3 heterocycles. The summed E-state index contributed by atoms with van der Waals surface area (Å²) in [7, 11) is 2.04. The third kappa shape index (κ3) is 1.92. The van der Waals surface area contributed by atoms with Crippen LogP contribution in [0.2, 0.25) is 0 Å². The SMILES string of the molecule is C[C@@H]1c2oncc2C[C@]2(C)c3nn(C)c(-c4ccccn4)c3CC[C@@H]12. The molecule has 128 valence electrons. The van der Waals surface area contributed by atoms with Gasteiger partial charge >= 0.3 is 0 Å². The molecule has 0 saturated carbocycles. The van der Waals surface area contributed by atoms with E-state index in [0.29, 0.717) is 11.8 Å². The highest BCUT2D eigenvalue weighted by molar-refractivity contribution is 5.62. The molecule has 0 aliphatic heterocycles. The summed E-state index contributed by atoms with van der Waals surface area (Å²) in [4.78, 5) is 4.57. The predicted molar refractivity (Wildman–Crippen MR) is 94.2 cm³/mol. The second kappa shape index (κ2) is 5.04. The molecule has 0 radical (unpaired) electrons. The van der Waals surface area contributed by atoms with E-state index in [1.165, 1.54) is 22.5 Å². The maximum atomic E-state index is 5.56.